The molecule has 3 heterocycles. The molecule has 192 valence electrons. The lowest BCUT2D eigenvalue weighted by molar-refractivity contribution is -0.117. The van der Waals surface area contributed by atoms with E-state index in [0.717, 1.165) is 58.9 Å². The second-order valence-corrected chi connectivity index (χ2v) is 10.1. The standard InChI is InChI=1S/C26H26ClN3O3S.CH4.ClH/c1-33-22-15-20(8-9-21(22)28-24(31)16-29-11-2-3-12-29)30-13-10-18-14-23(34-25(18)26(30)32)17-4-6-19(27)7-5-17;;/h4-9,14-15H,2-3,10-13,16H2,1H3,(H,28,31);1H4;1H. The predicted molar refractivity (Wildman–Crippen MR) is 151 cm³/mol. The minimum atomic E-state index is -0.0556. The van der Waals surface area contributed by atoms with Crippen LogP contribution in [0.1, 0.15) is 35.5 Å². The maximum absolute atomic E-state index is 13.4. The van der Waals surface area contributed by atoms with E-state index in [9.17, 15) is 9.59 Å². The summed E-state index contributed by atoms with van der Waals surface area (Å²) in [5.74, 6) is 0.471. The summed E-state index contributed by atoms with van der Waals surface area (Å²) in [7, 11) is 1.57. The maximum Gasteiger partial charge on any atom is 0.268 e. The summed E-state index contributed by atoms with van der Waals surface area (Å²) in [6, 6.07) is 15.3. The number of likely N-dealkylation sites (tertiary alicyclic amines) is 1. The Morgan fingerprint density at radius 3 is 2.50 bits per heavy atom. The highest BCUT2D eigenvalue weighted by molar-refractivity contribution is 7.17. The Bertz CT molecular complexity index is 1220. The molecule has 6 nitrogen and oxygen atoms in total. The van der Waals surface area contributed by atoms with Crippen molar-refractivity contribution < 1.29 is 14.3 Å². The van der Waals surface area contributed by atoms with Crippen molar-refractivity contribution in [1.29, 1.82) is 0 Å². The van der Waals surface area contributed by atoms with E-state index in [1.54, 1.807) is 12.0 Å². The number of nitrogens with zero attached hydrogens (tertiary/aromatic N) is 2. The molecule has 2 aromatic carbocycles. The maximum atomic E-state index is 13.4. The van der Waals surface area contributed by atoms with Crippen molar-refractivity contribution in [2.45, 2.75) is 26.7 Å². The van der Waals surface area contributed by atoms with Crippen molar-refractivity contribution in [2.24, 2.45) is 0 Å². The number of carbonyl (C=O) groups excluding carboxylic acids is 2. The molecule has 3 aromatic rings. The predicted octanol–water partition coefficient (Wildman–Crippen LogP) is 6.37. The van der Waals surface area contributed by atoms with Crippen LogP contribution in [0.15, 0.2) is 48.5 Å². The summed E-state index contributed by atoms with van der Waals surface area (Å²) in [5, 5.41) is 3.65. The van der Waals surface area contributed by atoms with Crippen molar-refractivity contribution in [2.75, 3.05) is 43.5 Å². The second-order valence-electron chi connectivity index (χ2n) is 8.59. The van der Waals surface area contributed by atoms with Crippen LogP contribution in [0.4, 0.5) is 11.4 Å². The van der Waals surface area contributed by atoms with E-state index < -0.39 is 0 Å². The topological polar surface area (TPSA) is 61.9 Å². The Kier molecular flexibility index (Phi) is 9.41. The van der Waals surface area contributed by atoms with Crippen LogP contribution in [0.5, 0.6) is 5.75 Å². The summed E-state index contributed by atoms with van der Waals surface area (Å²) >= 11 is 7.53. The molecular weight excluding hydrogens is 517 g/mol. The molecule has 2 amide bonds. The van der Waals surface area contributed by atoms with Gasteiger partial charge in [0.15, 0.2) is 0 Å². The third kappa shape index (κ3) is 5.86. The lowest BCUT2D eigenvalue weighted by atomic mass is 10.1. The van der Waals surface area contributed by atoms with Gasteiger partial charge in [-0.05, 0) is 73.8 Å². The van der Waals surface area contributed by atoms with Crippen LogP contribution in [-0.2, 0) is 11.2 Å². The molecule has 2 aliphatic heterocycles. The number of halogens is 2. The number of thiophene rings is 1. The molecule has 0 aliphatic carbocycles. The van der Waals surface area contributed by atoms with E-state index in [0.29, 0.717) is 29.5 Å². The highest BCUT2D eigenvalue weighted by atomic mass is 35.5. The third-order valence-electron chi connectivity index (χ3n) is 6.32. The second kappa shape index (κ2) is 12.1. The van der Waals surface area contributed by atoms with Gasteiger partial charge in [0.2, 0.25) is 5.91 Å². The molecule has 1 saturated heterocycles. The van der Waals surface area contributed by atoms with Gasteiger partial charge < -0.3 is 15.0 Å². The Labute approximate surface area is 227 Å². The van der Waals surface area contributed by atoms with Gasteiger partial charge in [0.1, 0.15) is 5.75 Å². The van der Waals surface area contributed by atoms with Crippen LogP contribution < -0.4 is 15.0 Å². The van der Waals surface area contributed by atoms with Gasteiger partial charge in [-0.25, -0.2) is 0 Å². The molecule has 1 fully saturated rings. The SMILES string of the molecule is C.COc1cc(N2CCc3cc(-c4ccc(Cl)cc4)sc3C2=O)ccc1NC(=O)CN1CCCC1.Cl. The molecule has 1 aromatic heterocycles. The zero-order valence-electron chi connectivity index (χ0n) is 19.4. The molecular formula is C27H31Cl2N3O3S. The minimum absolute atomic E-state index is 0. The van der Waals surface area contributed by atoms with Crippen molar-refractivity contribution in [1.82, 2.24) is 4.90 Å². The number of anilines is 2. The Morgan fingerprint density at radius 1 is 1.08 bits per heavy atom. The highest BCUT2D eigenvalue weighted by Crippen LogP contribution is 2.38. The number of hydrogen-bond donors (Lipinski definition) is 1. The van der Waals surface area contributed by atoms with Crippen LogP contribution >= 0.6 is 35.3 Å². The zero-order valence-corrected chi connectivity index (χ0v) is 21.8. The highest BCUT2D eigenvalue weighted by Gasteiger charge is 2.29. The lowest BCUT2D eigenvalue weighted by Gasteiger charge is -2.27. The van der Waals surface area contributed by atoms with E-state index >= 15 is 0 Å². The number of amides is 2. The Balaban J connectivity index is 0.00000180. The van der Waals surface area contributed by atoms with Crippen LogP contribution in [0.3, 0.4) is 0 Å². The van der Waals surface area contributed by atoms with Gasteiger partial charge in [-0.15, -0.1) is 23.7 Å². The fraction of sp³-hybridized carbons (Fsp3) is 0.333. The third-order valence-corrected chi connectivity index (χ3v) is 7.79. The molecule has 0 bridgehead atoms. The molecule has 5 rings (SSSR count). The number of ether oxygens (including phenoxy) is 1. The fourth-order valence-corrected chi connectivity index (χ4v) is 5.83. The van der Waals surface area contributed by atoms with Crippen molar-refractivity contribution in [3.8, 4) is 16.2 Å². The molecule has 0 atom stereocenters. The van der Waals surface area contributed by atoms with Gasteiger partial charge in [-0.3, -0.25) is 14.5 Å². The van der Waals surface area contributed by atoms with Gasteiger partial charge in [-0.1, -0.05) is 31.2 Å². The first-order chi connectivity index (χ1) is 16.5. The Hall–Kier alpha value is -2.58. The number of carbonyl (C=O) groups is 2. The first kappa shape index (κ1) is 28.0. The summed E-state index contributed by atoms with van der Waals surface area (Å²) in [5.41, 5.74) is 3.50. The molecule has 0 spiro atoms. The average molecular weight is 549 g/mol. The first-order valence-corrected chi connectivity index (χ1v) is 12.6. The van der Waals surface area contributed by atoms with Gasteiger partial charge in [0, 0.05) is 28.2 Å². The molecule has 9 heteroatoms. The summed E-state index contributed by atoms with van der Waals surface area (Å²) in [4.78, 5) is 31.6. The fourth-order valence-electron chi connectivity index (χ4n) is 4.54. The van der Waals surface area contributed by atoms with Crippen LogP contribution in [-0.4, -0.2) is 50.0 Å². The van der Waals surface area contributed by atoms with E-state index in [-0.39, 0.29) is 31.6 Å². The van der Waals surface area contributed by atoms with Crippen molar-refractivity contribution >= 4 is 58.5 Å². The normalized spacial score (nSPS) is 15.1. The van der Waals surface area contributed by atoms with Gasteiger partial charge in [0.25, 0.3) is 5.91 Å². The molecule has 0 unspecified atom stereocenters. The number of benzene rings is 2. The minimum Gasteiger partial charge on any atom is -0.494 e. The molecule has 36 heavy (non-hydrogen) atoms. The quantitative estimate of drug-likeness (QED) is 0.389. The van der Waals surface area contributed by atoms with E-state index in [4.69, 9.17) is 16.3 Å². The molecule has 2 aliphatic rings. The summed E-state index contributed by atoms with van der Waals surface area (Å²) in [6.45, 7) is 2.90. The van der Waals surface area contributed by atoms with E-state index in [1.807, 2.05) is 42.5 Å². The summed E-state index contributed by atoms with van der Waals surface area (Å²) < 4.78 is 5.55. The van der Waals surface area contributed by atoms with Gasteiger partial charge >= 0.3 is 0 Å². The van der Waals surface area contributed by atoms with Crippen molar-refractivity contribution in [3.63, 3.8) is 0 Å². The van der Waals surface area contributed by atoms with Crippen molar-refractivity contribution in [3.05, 3.63) is 64.0 Å². The first-order valence-electron chi connectivity index (χ1n) is 11.4. The van der Waals surface area contributed by atoms with Gasteiger partial charge in [-0.2, -0.15) is 0 Å². The lowest BCUT2D eigenvalue weighted by Crippen LogP contribution is -2.36. The van der Waals surface area contributed by atoms with E-state index in [1.165, 1.54) is 11.3 Å². The number of hydrogen-bond acceptors (Lipinski definition) is 5. The van der Waals surface area contributed by atoms with Crippen LogP contribution in [0.2, 0.25) is 5.02 Å². The number of fused-ring (bicyclic) bond motifs is 1. The van der Waals surface area contributed by atoms with Crippen LogP contribution in [0, 0.1) is 0 Å². The van der Waals surface area contributed by atoms with Gasteiger partial charge in [0.05, 0.1) is 24.2 Å². The molecule has 1 N–H and O–H groups in total. The monoisotopic (exact) mass is 547 g/mol. The number of nitrogens with one attached hydrogen (secondary N) is 1. The summed E-state index contributed by atoms with van der Waals surface area (Å²) in [6.07, 6.45) is 3.06. The zero-order chi connectivity index (χ0) is 23.7. The Morgan fingerprint density at radius 2 is 1.81 bits per heavy atom. The van der Waals surface area contributed by atoms with E-state index in [2.05, 4.69) is 16.3 Å². The molecule has 0 radical (unpaired) electrons. The number of methoxy groups -OCH3 is 1. The largest absolute Gasteiger partial charge is 0.494 e. The molecule has 0 saturated carbocycles. The smallest absolute Gasteiger partial charge is 0.268 e. The number of rotatable bonds is 6. The van der Waals surface area contributed by atoms with Crippen LogP contribution in [0.25, 0.3) is 10.4 Å². The average Bonchev–Trinajstić information content (AvgIpc) is 3.50.